The highest BCUT2D eigenvalue weighted by molar-refractivity contribution is 5.99. The minimum atomic E-state index is -0.383. The Morgan fingerprint density at radius 3 is 2.48 bits per heavy atom. The van der Waals surface area contributed by atoms with Crippen molar-refractivity contribution in [2.45, 2.75) is 32.4 Å². The number of hydrogen-bond donors (Lipinski definition) is 0. The number of hydrogen-bond acceptors (Lipinski definition) is 4. The Kier molecular flexibility index (Phi) is 6.01. The summed E-state index contributed by atoms with van der Waals surface area (Å²) in [5.41, 5.74) is 1.34. The van der Waals surface area contributed by atoms with Crippen molar-refractivity contribution >= 4 is 17.7 Å². The lowest BCUT2D eigenvalue weighted by molar-refractivity contribution is -0.130. The van der Waals surface area contributed by atoms with Gasteiger partial charge in [-0.1, -0.05) is 12.1 Å². The summed E-state index contributed by atoms with van der Waals surface area (Å²) in [5.74, 6) is -0.995. The van der Waals surface area contributed by atoms with Crippen LogP contribution >= 0.6 is 0 Å². The van der Waals surface area contributed by atoms with Crippen LogP contribution < -0.4 is 0 Å². The summed E-state index contributed by atoms with van der Waals surface area (Å²) in [6, 6.07) is 7.57. The third-order valence-electron chi connectivity index (χ3n) is 5.77. The molecule has 1 aromatic heterocycles. The van der Waals surface area contributed by atoms with Crippen molar-refractivity contribution < 1.29 is 18.8 Å². The lowest BCUT2D eigenvalue weighted by Crippen LogP contribution is -2.40. The summed E-state index contributed by atoms with van der Waals surface area (Å²) in [6.45, 7) is 2.89. The van der Waals surface area contributed by atoms with Gasteiger partial charge >= 0.3 is 0 Å². The van der Waals surface area contributed by atoms with Gasteiger partial charge in [-0.2, -0.15) is 5.10 Å². The standard InChI is InChI=1S/C22H26FN5O3/c1-25(15-20(29)26-9-2-3-10-26)21(30)18-13-19-22(31)27(11-4-12-28(19)24-18)14-16-5-7-17(23)8-6-16/h5-8,13H,2-4,9-12,14-15H2,1H3. The summed E-state index contributed by atoms with van der Waals surface area (Å²) >= 11 is 0. The first-order chi connectivity index (χ1) is 14.9. The zero-order valence-corrected chi connectivity index (χ0v) is 17.6. The lowest BCUT2D eigenvalue weighted by Gasteiger charge is -2.21. The van der Waals surface area contributed by atoms with Crippen LogP contribution in [0.3, 0.4) is 0 Å². The van der Waals surface area contributed by atoms with Gasteiger partial charge < -0.3 is 14.7 Å². The number of likely N-dealkylation sites (N-methyl/N-ethyl adjacent to an activating group) is 1. The number of fused-ring (bicyclic) bond motifs is 1. The van der Waals surface area contributed by atoms with E-state index in [1.54, 1.807) is 33.7 Å². The van der Waals surface area contributed by atoms with Gasteiger partial charge in [0, 0.05) is 45.8 Å². The van der Waals surface area contributed by atoms with E-state index < -0.39 is 0 Å². The first kappa shape index (κ1) is 21.0. The molecule has 9 heteroatoms. The van der Waals surface area contributed by atoms with Gasteiger partial charge in [-0.15, -0.1) is 0 Å². The molecule has 164 valence electrons. The molecule has 0 N–H and O–H groups in total. The Morgan fingerprint density at radius 1 is 1.06 bits per heavy atom. The molecule has 0 bridgehead atoms. The fourth-order valence-corrected chi connectivity index (χ4v) is 4.04. The van der Waals surface area contributed by atoms with E-state index >= 15 is 0 Å². The first-order valence-corrected chi connectivity index (χ1v) is 10.6. The quantitative estimate of drug-likeness (QED) is 0.729. The van der Waals surface area contributed by atoms with Crippen molar-refractivity contribution in [3.63, 3.8) is 0 Å². The van der Waals surface area contributed by atoms with Crippen LogP contribution in [0.15, 0.2) is 30.3 Å². The predicted molar refractivity (Wildman–Crippen MR) is 111 cm³/mol. The Hall–Kier alpha value is -3.23. The van der Waals surface area contributed by atoms with Gasteiger partial charge in [0.25, 0.3) is 11.8 Å². The predicted octanol–water partition coefficient (Wildman–Crippen LogP) is 1.76. The molecule has 0 spiro atoms. The van der Waals surface area contributed by atoms with Crippen LogP contribution in [-0.4, -0.2) is 75.4 Å². The van der Waals surface area contributed by atoms with Crippen LogP contribution in [0.1, 0.15) is 45.8 Å². The maximum atomic E-state index is 13.2. The molecule has 2 aliphatic heterocycles. The first-order valence-electron chi connectivity index (χ1n) is 10.6. The van der Waals surface area contributed by atoms with E-state index in [1.165, 1.54) is 23.1 Å². The normalized spacial score (nSPS) is 16.3. The number of benzene rings is 1. The summed E-state index contributed by atoms with van der Waals surface area (Å²) in [6.07, 6.45) is 2.68. The van der Waals surface area contributed by atoms with Gasteiger partial charge in [0.05, 0.1) is 6.54 Å². The van der Waals surface area contributed by atoms with Crippen LogP contribution in [0.2, 0.25) is 0 Å². The fourth-order valence-electron chi connectivity index (χ4n) is 4.04. The van der Waals surface area contributed by atoms with Crippen LogP contribution in [0, 0.1) is 5.82 Å². The van der Waals surface area contributed by atoms with Crippen molar-refractivity contribution in [3.8, 4) is 0 Å². The Morgan fingerprint density at radius 2 is 1.77 bits per heavy atom. The van der Waals surface area contributed by atoms with E-state index in [0.29, 0.717) is 31.7 Å². The smallest absolute Gasteiger partial charge is 0.274 e. The minimum absolute atomic E-state index is 0.00827. The Bertz CT molecular complexity index is 982. The molecule has 0 saturated carbocycles. The summed E-state index contributed by atoms with van der Waals surface area (Å²) in [5, 5.41) is 4.34. The number of aryl methyl sites for hydroxylation is 1. The number of likely N-dealkylation sites (tertiary alicyclic amines) is 1. The molecule has 31 heavy (non-hydrogen) atoms. The van der Waals surface area contributed by atoms with Gasteiger partial charge in [0.1, 0.15) is 11.5 Å². The van der Waals surface area contributed by atoms with Gasteiger partial charge in [-0.3, -0.25) is 19.1 Å². The molecule has 0 radical (unpaired) electrons. The molecule has 4 rings (SSSR count). The lowest BCUT2D eigenvalue weighted by atomic mass is 10.2. The molecule has 3 heterocycles. The van der Waals surface area contributed by atoms with Crippen LogP contribution in [0.5, 0.6) is 0 Å². The van der Waals surface area contributed by atoms with E-state index in [4.69, 9.17) is 0 Å². The van der Waals surface area contributed by atoms with Crippen LogP contribution in [0.25, 0.3) is 0 Å². The molecule has 2 aromatic rings. The molecule has 2 aliphatic rings. The highest BCUT2D eigenvalue weighted by atomic mass is 19.1. The summed E-state index contributed by atoms with van der Waals surface area (Å²) < 4.78 is 14.7. The minimum Gasteiger partial charge on any atom is -0.341 e. The van der Waals surface area contributed by atoms with Crippen molar-refractivity contribution in [1.82, 2.24) is 24.5 Å². The number of aromatic nitrogens is 2. The molecule has 1 saturated heterocycles. The van der Waals surface area contributed by atoms with E-state index in [0.717, 1.165) is 31.5 Å². The SMILES string of the molecule is CN(CC(=O)N1CCCC1)C(=O)c1cc2n(n1)CCCN(Cc1ccc(F)cc1)C2=O. The van der Waals surface area contributed by atoms with Crippen molar-refractivity contribution in [3.05, 3.63) is 53.1 Å². The highest BCUT2D eigenvalue weighted by Crippen LogP contribution is 2.18. The number of amides is 3. The second-order valence-corrected chi connectivity index (χ2v) is 8.09. The van der Waals surface area contributed by atoms with Crippen LogP contribution in [-0.2, 0) is 17.9 Å². The molecular formula is C22H26FN5O3. The number of carbonyl (C=O) groups excluding carboxylic acids is 3. The van der Waals surface area contributed by atoms with Gasteiger partial charge in [0.15, 0.2) is 5.69 Å². The van der Waals surface area contributed by atoms with Crippen molar-refractivity contribution in [2.75, 3.05) is 33.2 Å². The van der Waals surface area contributed by atoms with Gasteiger partial charge in [-0.05, 0) is 37.0 Å². The molecule has 8 nitrogen and oxygen atoms in total. The Balaban J connectivity index is 1.46. The maximum Gasteiger partial charge on any atom is 0.274 e. The molecule has 1 aromatic carbocycles. The number of nitrogens with zero attached hydrogens (tertiary/aromatic N) is 5. The molecule has 1 fully saturated rings. The van der Waals surface area contributed by atoms with Crippen molar-refractivity contribution in [1.29, 1.82) is 0 Å². The molecule has 0 unspecified atom stereocenters. The fraction of sp³-hybridized carbons (Fsp3) is 0.455. The largest absolute Gasteiger partial charge is 0.341 e. The maximum absolute atomic E-state index is 13.2. The van der Waals surface area contributed by atoms with Gasteiger partial charge in [0.2, 0.25) is 5.91 Å². The van der Waals surface area contributed by atoms with Crippen molar-refractivity contribution in [2.24, 2.45) is 0 Å². The summed E-state index contributed by atoms with van der Waals surface area (Å²) in [7, 11) is 1.57. The number of halogens is 1. The molecule has 3 amide bonds. The number of carbonyl (C=O) groups is 3. The second-order valence-electron chi connectivity index (χ2n) is 8.09. The van der Waals surface area contributed by atoms with E-state index in [9.17, 15) is 18.8 Å². The molecular weight excluding hydrogens is 401 g/mol. The van der Waals surface area contributed by atoms with E-state index in [2.05, 4.69) is 5.10 Å². The second kappa shape index (κ2) is 8.87. The monoisotopic (exact) mass is 427 g/mol. The topological polar surface area (TPSA) is 78.8 Å². The third kappa shape index (κ3) is 4.60. The van der Waals surface area contributed by atoms with E-state index in [1.807, 2.05) is 0 Å². The third-order valence-corrected chi connectivity index (χ3v) is 5.77. The van der Waals surface area contributed by atoms with Crippen LogP contribution in [0.4, 0.5) is 4.39 Å². The molecule has 0 aliphatic carbocycles. The summed E-state index contributed by atoms with van der Waals surface area (Å²) in [4.78, 5) is 43.0. The highest BCUT2D eigenvalue weighted by Gasteiger charge is 2.28. The molecule has 0 atom stereocenters. The Labute approximate surface area is 180 Å². The number of rotatable bonds is 5. The zero-order chi connectivity index (χ0) is 22.0. The van der Waals surface area contributed by atoms with Gasteiger partial charge in [-0.25, -0.2) is 4.39 Å². The average Bonchev–Trinajstić information content (AvgIpc) is 3.41. The van der Waals surface area contributed by atoms with E-state index in [-0.39, 0.29) is 35.8 Å². The average molecular weight is 427 g/mol. The zero-order valence-electron chi connectivity index (χ0n) is 17.6.